The van der Waals surface area contributed by atoms with E-state index in [0.29, 0.717) is 17.9 Å². The smallest absolute Gasteiger partial charge is 0.166 e. The number of nitrogens with zero attached hydrogens (tertiary/aromatic N) is 6. The maximum atomic E-state index is 13.9. The quantitative estimate of drug-likeness (QED) is 0.0698. The number of piperazine rings is 2. The average molecular weight is 1060 g/mol. The molecule has 2 aromatic heterocycles. The number of aromatic nitrogens is 2. The number of sulfone groups is 2. The number of nitrogens with one attached hydrogen (secondary N) is 4. The van der Waals surface area contributed by atoms with Crippen molar-refractivity contribution in [3.63, 3.8) is 0 Å². The number of anilines is 2. The minimum atomic E-state index is -3.16. The van der Waals surface area contributed by atoms with Gasteiger partial charge in [0, 0.05) is 112 Å². The summed E-state index contributed by atoms with van der Waals surface area (Å²) in [6.07, 6.45) is 14.0. The van der Waals surface area contributed by atoms with E-state index in [2.05, 4.69) is 66.2 Å². The highest BCUT2D eigenvalue weighted by atomic mass is 32.2. The molecule has 2 saturated heterocycles. The Morgan fingerprint density at radius 2 is 1.00 bits per heavy atom. The molecule has 6 heterocycles. The Kier molecular flexibility index (Phi) is 16.2. The van der Waals surface area contributed by atoms with E-state index in [1.807, 2.05) is 24.3 Å². The van der Waals surface area contributed by atoms with Gasteiger partial charge in [0.2, 0.25) is 0 Å². The van der Waals surface area contributed by atoms with Crippen molar-refractivity contribution in [3.05, 3.63) is 58.9 Å². The molecule has 15 nitrogen and oxygen atoms in total. The summed E-state index contributed by atoms with van der Waals surface area (Å²) in [7, 11) is -6.33. The topological polar surface area (TPSA) is 179 Å². The van der Waals surface area contributed by atoms with Crippen LogP contribution < -0.4 is 10.6 Å². The predicted molar refractivity (Wildman–Crippen MR) is 300 cm³/mol. The molecule has 392 valence electrons. The summed E-state index contributed by atoms with van der Waals surface area (Å²) in [4.78, 5) is 41.4. The van der Waals surface area contributed by atoms with E-state index in [0.717, 1.165) is 181 Å². The zero-order chi connectivity index (χ0) is 50.1. The zero-order valence-electron chi connectivity index (χ0n) is 42.8. The van der Waals surface area contributed by atoms with Crippen LogP contribution in [0.15, 0.2) is 46.4 Å². The first-order valence-electron chi connectivity index (χ1n) is 26.6. The van der Waals surface area contributed by atoms with Gasteiger partial charge in [0.15, 0.2) is 25.5 Å². The second-order valence-corrected chi connectivity index (χ2v) is 28.2. The van der Waals surface area contributed by atoms with Crippen LogP contribution >= 0.6 is 23.5 Å². The van der Waals surface area contributed by atoms with E-state index in [1.54, 1.807) is 23.5 Å². The van der Waals surface area contributed by atoms with Gasteiger partial charge in [-0.15, -0.1) is 23.5 Å². The summed E-state index contributed by atoms with van der Waals surface area (Å²) in [6, 6.07) is 13.4. The monoisotopic (exact) mass is 1060 g/mol. The van der Waals surface area contributed by atoms with E-state index in [1.165, 1.54) is 38.2 Å². The summed E-state index contributed by atoms with van der Waals surface area (Å²) in [5.41, 5.74) is 7.66. The molecule has 0 radical (unpaired) electrons. The highest BCUT2D eigenvalue weighted by molar-refractivity contribution is 8.15. The molecule has 2 aromatic carbocycles. The Morgan fingerprint density at radius 3 is 1.38 bits per heavy atom. The van der Waals surface area contributed by atoms with Crippen molar-refractivity contribution < 1.29 is 21.6 Å². The fraction of sp³-hybridized carbons (Fsp3) is 0.642. The van der Waals surface area contributed by atoms with Crippen LogP contribution in [0.4, 0.5) is 11.4 Å². The molecule has 2 unspecified atom stereocenters. The van der Waals surface area contributed by atoms with Crippen LogP contribution in [0.5, 0.6) is 0 Å². The molecule has 10 rings (SSSR count). The third kappa shape index (κ3) is 13.0. The minimum Gasteiger partial charge on any atom is -0.381 e. The van der Waals surface area contributed by atoms with Gasteiger partial charge in [0.25, 0.3) is 0 Å². The maximum absolute atomic E-state index is 13.9. The van der Waals surface area contributed by atoms with Crippen LogP contribution in [-0.2, 0) is 36.0 Å². The van der Waals surface area contributed by atoms with Crippen molar-refractivity contribution in [2.45, 2.75) is 126 Å². The molecule has 4 fully saturated rings. The fourth-order valence-electron chi connectivity index (χ4n) is 12.0. The molecule has 2 aliphatic carbocycles. The Hall–Kier alpha value is -3.43. The predicted octanol–water partition coefficient (Wildman–Crippen LogP) is 7.23. The standard InChI is InChI=1S/C53H76N10O5S4/c1-35(62-21-17-60(18-22-62)15-13-43-31-69-52(56-43)47-29-39-25-37(33-71(3,65)66)27-45(49(39)58-47)54-41-9-5-6-10-41)51(64)36(2)63-23-19-61(20-24-63)16-14-44-32-70-53(57-44)48-30-40-26-38(34-72(4,67)68)28-46(50(40)59-48)55-42-11-7-8-12-42/h25-30,35-36,41-44,54-55,58-59H,5-24,31-34H2,1-4H3/t35?,36?,43-,44-/m1/s1. The van der Waals surface area contributed by atoms with Gasteiger partial charge in [-0.1, -0.05) is 25.7 Å². The maximum Gasteiger partial charge on any atom is 0.166 e. The fourth-order valence-corrected chi connectivity index (χ4v) is 15.7. The normalized spacial score (nSPS) is 23.6. The Balaban J connectivity index is 0.657. The number of ketones is 1. The molecule has 0 spiro atoms. The molecular weight excluding hydrogens is 985 g/mol. The third-order valence-electron chi connectivity index (χ3n) is 16.0. The molecular formula is C53H76N10O5S4. The van der Waals surface area contributed by atoms with E-state index in [9.17, 15) is 21.6 Å². The van der Waals surface area contributed by atoms with Crippen molar-refractivity contribution >= 4 is 92.2 Å². The number of hydrogen-bond acceptors (Lipinski definition) is 15. The number of aliphatic imine (C=N–C) groups is 2. The van der Waals surface area contributed by atoms with Crippen LogP contribution in [0.25, 0.3) is 21.8 Å². The lowest BCUT2D eigenvalue weighted by Crippen LogP contribution is -2.57. The first-order valence-corrected chi connectivity index (χ1v) is 32.7. The van der Waals surface area contributed by atoms with Gasteiger partial charge in [-0.25, -0.2) is 16.8 Å². The number of aromatic amines is 2. The SMILES string of the molecule is CC(C(=O)C(C)N1CCN(CC[C@@H]2CSC(c3cc4cc(CS(C)(=O)=O)cc(NC5CCCC5)c4[nH]3)=N2)CC1)N1CCN(CC[C@@H]2CSC(c3cc4cc(CS(C)(=O)=O)cc(NC5CCCC5)c4[nH]3)=N2)CC1. The summed E-state index contributed by atoms with van der Waals surface area (Å²) in [6.45, 7) is 13.6. The van der Waals surface area contributed by atoms with Gasteiger partial charge in [0.1, 0.15) is 10.1 Å². The number of benzene rings is 2. The summed E-state index contributed by atoms with van der Waals surface area (Å²) >= 11 is 3.61. The summed E-state index contributed by atoms with van der Waals surface area (Å²) in [5.74, 6) is 2.28. The van der Waals surface area contributed by atoms with Crippen molar-refractivity contribution in [1.29, 1.82) is 0 Å². The highest BCUT2D eigenvalue weighted by Crippen LogP contribution is 2.35. The first kappa shape index (κ1) is 52.0. The summed E-state index contributed by atoms with van der Waals surface area (Å²) < 4.78 is 48.9. The van der Waals surface area contributed by atoms with Crippen LogP contribution in [0.3, 0.4) is 0 Å². The van der Waals surface area contributed by atoms with Crippen molar-refractivity contribution in [2.75, 3.05) is 100 Å². The van der Waals surface area contributed by atoms with Crippen LogP contribution in [0.2, 0.25) is 0 Å². The molecule has 2 saturated carbocycles. The van der Waals surface area contributed by atoms with Gasteiger partial charge in [-0.2, -0.15) is 0 Å². The molecule has 0 amide bonds. The Morgan fingerprint density at radius 1 is 0.611 bits per heavy atom. The molecule has 4 N–H and O–H groups in total. The number of fused-ring (bicyclic) bond motifs is 2. The highest BCUT2D eigenvalue weighted by Gasteiger charge is 2.34. The number of carbonyl (C=O) groups is 1. The second kappa shape index (κ2) is 22.4. The van der Waals surface area contributed by atoms with E-state index in [-0.39, 0.29) is 35.7 Å². The van der Waals surface area contributed by atoms with Gasteiger partial charge in [0.05, 0.1) is 69.5 Å². The van der Waals surface area contributed by atoms with E-state index in [4.69, 9.17) is 9.98 Å². The molecule has 0 bridgehead atoms. The molecule has 4 aliphatic heterocycles. The molecule has 6 aliphatic rings. The van der Waals surface area contributed by atoms with Crippen LogP contribution in [0, 0.1) is 0 Å². The van der Waals surface area contributed by atoms with E-state index < -0.39 is 19.7 Å². The van der Waals surface area contributed by atoms with Crippen molar-refractivity contribution in [3.8, 4) is 0 Å². The number of carbonyl (C=O) groups excluding carboxylic acids is 1. The van der Waals surface area contributed by atoms with E-state index >= 15 is 0 Å². The van der Waals surface area contributed by atoms with Crippen molar-refractivity contribution in [1.82, 2.24) is 29.6 Å². The minimum absolute atomic E-state index is 0.0263. The zero-order valence-corrected chi connectivity index (χ0v) is 46.0. The lowest BCUT2D eigenvalue weighted by molar-refractivity contribution is -0.130. The Labute approximate surface area is 435 Å². The number of Topliss-reactive ketones (excluding diaryl/α,β-unsaturated/α-hetero) is 1. The first-order chi connectivity index (χ1) is 34.6. The second-order valence-electron chi connectivity index (χ2n) is 21.9. The third-order valence-corrected chi connectivity index (χ3v) is 20.1. The van der Waals surface area contributed by atoms with Gasteiger partial charge < -0.3 is 30.4 Å². The summed E-state index contributed by atoms with van der Waals surface area (Å²) in [5, 5.41) is 11.6. The lowest BCUT2D eigenvalue weighted by atomic mass is 10.0. The Bertz CT molecular complexity index is 2680. The van der Waals surface area contributed by atoms with Crippen LogP contribution in [0.1, 0.15) is 101 Å². The number of H-pyrrole nitrogens is 2. The van der Waals surface area contributed by atoms with Crippen molar-refractivity contribution in [2.24, 2.45) is 9.98 Å². The number of thioether (sulfide) groups is 2. The van der Waals surface area contributed by atoms with Gasteiger partial charge in [-0.3, -0.25) is 24.6 Å². The average Bonchev–Trinajstić information content (AvgIpc) is 4.21. The number of rotatable bonds is 20. The van der Waals surface area contributed by atoms with Gasteiger partial charge >= 0.3 is 0 Å². The molecule has 19 heteroatoms. The number of hydrogen-bond donors (Lipinski definition) is 4. The lowest BCUT2D eigenvalue weighted by Gasteiger charge is -2.41. The van der Waals surface area contributed by atoms with Gasteiger partial charge in [-0.05, 0) is 99.9 Å². The molecule has 72 heavy (non-hydrogen) atoms. The molecule has 4 atom stereocenters. The largest absolute Gasteiger partial charge is 0.381 e. The molecule has 4 aromatic rings. The van der Waals surface area contributed by atoms with Crippen LogP contribution in [-0.4, -0.2) is 188 Å².